The van der Waals surface area contributed by atoms with Crippen molar-refractivity contribution in [3.63, 3.8) is 0 Å². The molecule has 0 spiro atoms. The molecule has 0 atom stereocenters. The third-order valence-electron chi connectivity index (χ3n) is 2.34. The van der Waals surface area contributed by atoms with Crippen LogP contribution in [-0.4, -0.2) is 34.6 Å². The highest BCUT2D eigenvalue weighted by Gasteiger charge is 2.21. The highest BCUT2D eigenvalue weighted by atomic mass is 32.1. The van der Waals surface area contributed by atoms with E-state index in [4.69, 9.17) is 5.11 Å². The molecule has 7 heteroatoms. The lowest BCUT2D eigenvalue weighted by atomic mass is 10.5. The fourth-order valence-corrected chi connectivity index (χ4v) is 1.96. The maximum Gasteiger partial charge on any atom is 0.355 e. The van der Waals surface area contributed by atoms with Gasteiger partial charge in [-0.1, -0.05) is 0 Å². The van der Waals surface area contributed by atoms with Crippen LogP contribution in [0.15, 0.2) is 5.38 Å². The summed E-state index contributed by atoms with van der Waals surface area (Å²) in [6, 6.07) is 0.499. The molecule has 2 rings (SSSR count). The lowest BCUT2D eigenvalue weighted by molar-refractivity contribution is -0.120. The Kier molecular flexibility index (Phi) is 3.70. The van der Waals surface area contributed by atoms with Crippen LogP contribution in [0, 0.1) is 0 Å². The molecule has 1 heterocycles. The molecule has 1 aromatic heterocycles. The van der Waals surface area contributed by atoms with Gasteiger partial charge in [-0.25, -0.2) is 9.78 Å². The second-order valence-electron chi connectivity index (χ2n) is 3.86. The van der Waals surface area contributed by atoms with E-state index in [9.17, 15) is 9.59 Å². The molecule has 0 bridgehead atoms. The van der Waals surface area contributed by atoms with E-state index in [1.54, 1.807) is 0 Å². The first kappa shape index (κ1) is 12.0. The Bertz CT molecular complexity index is 428. The fraction of sp³-hybridized carbons (Fsp3) is 0.500. The molecule has 0 saturated heterocycles. The number of thiazole rings is 1. The van der Waals surface area contributed by atoms with Crippen LogP contribution >= 0.6 is 11.3 Å². The first-order valence-corrected chi connectivity index (χ1v) is 6.21. The maximum absolute atomic E-state index is 11.4. The normalized spacial score (nSPS) is 14.6. The Balaban J connectivity index is 1.72. The molecule has 17 heavy (non-hydrogen) atoms. The average molecular weight is 255 g/mol. The molecule has 1 aromatic rings. The number of hydrogen-bond acceptors (Lipinski definition) is 5. The van der Waals surface area contributed by atoms with Gasteiger partial charge in [0.1, 0.15) is 5.01 Å². The van der Waals surface area contributed by atoms with Crippen LogP contribution in [0.2, 0.25) is 0 Å². The van der Waals surface area contributed by atoms with E-state index in [1.807, 2.05) is 0 Å². The average Bonchev–Trinajstić information content (AvgIpc) is 3.00. The van der Waals surface area contributed by atoms with Gasteiger partial charge in [-0.15, -0.1) is 11.3 Å². The van der Waals surface area contributed by atoms with E-state index >= 15 is 0 Å². The molecule has 1 aliphatic carbocycles. The Morgan fingerprint density at radius 3 is 2.88 bits per heavy atom. The van der Waals surface area contributed by atoms with Crippen LogP contribution in [-0.2, 0) is 11.3 Å². The number of amides is 1. The molecule has 1 saturated carbocycles. The molecule has 0 aliphatic heterocycles. The molecule has 1 amide bonds. The Morgan fingerprint density at radius 2 is 2.29 bits per heavy atom. The summed E-state index contributed by atoms with van der Waals surface area (Å²) < 4.78 is 0. The van der Waals surface area contributed by atoms with Gasteiger partial charge < -0.3 is 15.7 Å². The molecule has 3 N–H and O–H groups in total. The first-order chi connectivity index (χ1) is 8.15. The third-order valence-corrected chi connectivity index (χ3v) is 3.19. The summed E-state index contributed by atoms with van der Waals surface area (Å²) in [6.07, 6.45) is 2.28. The summed E-state index contributed by atoms with van der Waals surface area (Å²) in [4.78, 5) is 25.8. The van der Waals surface area contributed by atoms with Crippen molar-refractivity contribution in [3.05, 3.63) is 16.1 Å². The van der Waals surface area contributed by atoms with Gasteiger partial charge in [0.15, 0.2) is 5.69 Å². The summed E-state index contributed by atoms with van der Waals surface area (Å²) in [5, 5.41) is 16.5. The van der Waals surface area contributed by atoms with Crippen LogP contribution in [0.1, 0.15) is 28.3 Å². The van der Waals surface area contributed by atoms with Gasteiger partial charge in [0, 0.05) is 11.4 Å². The number of aromatic carboxylic acids is 1. The number of carboxylic acid groups (broad SMARTS) is 1. The largest absolute Gasteiger partial charge is 0.476 e. The van der Waals surface area contributed by atoms with Gasteiger partial charge >= 0.3 is 5.97 Å². The molecular formula is C10H13N3O3S. The molecule has 0 unspecified atom stereocenters. The van der Waals surface area contributed by atoms with Gasteiger partial charge in [0.25, 0.3) is 0 Å². The van der Waals surface area contributed by atoms with Crippen LogP contribution in [0.3, 0.4) is 0 Å². The zero-order valence-electron chi connectivity index (χ0n) is 9.10. The van der Waals surface area contributed by atoms with Gasteiger partial charge in [-0.2, -0.15) is 0 Å². The Labute approximate surface area is 102 Å². The van der Waals surface area contributed by atoms with Gasteiger partial charge in [0.2, 0.25) is 5.91 Å². The highest BCUT2D eigenvalue weighted by molar-refractivity contribution is 7.09. The SMILES string of the molecule is O=C(CNC1CC1)NCc1nc(C(=O)O)cs1. The van der Waals surface area contributed by atoms with Crippen LogP contribution < -0.4 is 10.6 Å². The van der Waals surface area contributed by atoms with E-state index in [1.165, 1.54) is 16.7 Å². The molecule has 0 aromatic carbocycles. The second-order valence-corrected chi connectivity index (χ2v) is 4.81. The minimum absolute atomic E-state index is 0.0235. The number of carboxylic acids is 1. The number of carbonyl (C=O) groups excluding carboxylic acids is 1. The van der Waals surface area contributed by atoms with Gasteiger partial charge in [-0.05, 0) is 12.8 Å². The first-order valence-electron chi connectivity index (χ1n) is 5.33. The highest BCUT2D eigenvalue weighted by Crippen LogP contribution is 2.17. The van der Waals surface area contributed by atoms with Crippen molar-refractivity contribution in [3.8, 4) is 0 Å². The predicted molar refractivity (Wildman–Crippen MR) is 61.9 cm³/mol. The monoisotopic (exact) mass is 255 g/mol. The number of aromatic nitrogens is 1. The molecular weight excluding hydrogens is 242 g/mol. The zero-order chi connectivity index (χ0) is 12.3. The second kappa shape index (κ2) is 5.24. The summed E-state index contributed by atoms with van der Waals surface area (Å²) in [6.45, 7) is 0.588. The van der Waals surface area contributed by atoms with Crippen LogP contribution in [0.25, 0.3) is 0 Å². The van der Waals surface area contributed by atoms with E-state index in [2.05, 4.69) is 15.6 Å². The number of hydrogen-bond donors (Lipinski definition) is 3. The van der Waals surface area contributed by atoms with Crippen molar-refractivity contribution in [2.75, 3.05) is 6.54 Å². The van der Waals surface area contributed by atoms with Crippen molar-refractivity contribution in [2.24, 2.45) is 0 Å². The Hall–Kier alpha value is -1.47. The number of nitrogens with zero attached hydrogens (tertiary/aromatic N) is 1. The smallest absolute Gasteiger partial charge is 0.355 e. The van der Waals surface area contributed by atoms with E-state index in [0.717, 1.165) is 12.8 Å². The van der Waals surface area contributed by atoms with E-state index in [-0.39, 0.29) is 18.1 Å². The maximum atomic E-state index is 11.4. The van der Waals surface area contributed by atoms with Crippen molar-refractivity contribution >= 4 is 23.2 Å². The lowest BCUT2D eigenvalue weighted by Crippen LogP contribution is -2.34. The quantitative estimate of drug-likeness (QED) is 0.676. The fourth-order valence-electron chi connectivity index (χ4n) is 1.25. The van der Waals surface area contributed by atoms with E-state index in [0.29, 0.717) is 17.6 Å². The predicted octanol–water partition coefficient (Wildman–Crippen LogP) is 0.210. The van der Waals surface area contributed by atoms with Crippen molar-refractivity contribution in [1.29, 1.82) is 0 Å². The third kappa shape index (κ3) is 3.79. The number of carbonyl (C=O) groups is 2. The number of nitrogens with one attached hydrogen (secondary N) is 2. The standard InChI is InChI=1S/C10H13N3O3S/c14-8(3-11-6-1-2-6)12-4-9-13-7(5-17-9)10(15)16/h5-6,11H,1-4H2,(H,12,14)(H,15,16). The van der Waals surface area contributed by atoms with Gasteiger partial charge in [-0.3, -0.25) is 4.79 Å². The zero-order valence-corrected chi connectivity index (χ0v) is 9.92. The topological polar surface area (TPSA) is 91.3 Å². The minimum atomic E-state index is -1.05. The molecule has 1 aliphatic rings. The summed E-state index contributed by atoms with van der Waals surface area (Å²) in [5.41, 5.74) is 0.0235. The minimum Gasteiger partial charge on any atom is -0.476 e. The van der Waals surface area contributed by atoms with Crippen LogP contribution in [0.4, 0.5) is 0 Å². The molecule has 0 radical (unpaired) electrons. The van der Waals surface area contributed by atoms with Crippen LogP contribution in [0.5, 0.6) is 0 Å². The number of rotatable bonds is 6. The van der Waals surface area contributed by atoms with Gasteiger partial charge in [0.05, 0.1) is 13.1 Å². The van der Waals surface area contributed by atoms with Crippen molar-refractivity contribution in [1.82, 2.24) is 15.6 Å². The molecule has 6 nitrogen and oxygen atoms in total. The lowest BCUT2D eigenvalue weighted by Gasteiger charge is -2.03. The molecule has 92 valence electrons. The van der Waals surface area contributed by atoms with Crippen molar-refractivity contribution in [2.45, 2.75) is 25.4 Å². The summed E-state index contributed by atoms with van der Waals surface area (Å²) in [7, 11) is 0. The molecule has 1 fully saturated rings. The summed E-state index contributed by atoms with van der Waals surface area (Å²) >= 11 is 1.23. The summed E-state index contributed by atoms with van der Waals surface area (Å²) in [5.74, 6) is -1.14. The van der Waals surface area contributed by atoms with Crippen molar-refractivity contribution < 1.29 is 14.7 Å². The Morgan fingerprint density at radius 1 is 1.53 bits per heavy atom. The van der Waals surface area contributed by atoms with E-state index < -0.39 is 5.97 Å².